The molecule has 16 heavy (non-hydrogen) atoms. The predicted molar refractivity (Wildman–Crippen MR) is 60.3 cm³/mol. The van der Waals surface area contributed by atoms with Gasteiger partial charge in [0.15, 0.2) is 0 Å². The molecule has 4 N–H and O–H groups in total. The van der Waals surface area contributed by atoms with E-state index in [1.165, 1.54) is 24.3 Å². The van der Waals surface area contributed by atoms with Crippen LogP contribution in [0.4, 0.5) is 5.69 Å². The first-order valence-corrected chi connectivity index (χ1v) is 4.94. The molecule has 86 valence electrons. The van der Waals surface area contributed by atoms with Gasteiger partial charge in [0, 0.05) is 5.69 Å². The van der Waals surface area contributed by atoms with Gasteiger partial charge in [0.05, 0.1) is 11.6 Å². The molecule has 0 saturated heterocycles. The second-order valence-corrected chi connectivity index (χ2v) is 3.39. The quantitative estimate of drug-likeness (QED) is 0.710. The summed E-state index contributed by atoms with van der Waals surface area (Å²) in [5.74, 6) is -1.27. The highest BCUT2D eigenvalue weighted by Crippen LogP contribution is 2.09. The lowest BCUT2D eigenvalue weighted by molar-refractivity contribution is -0.117. The van der Waals surface area contributed by atoms with Crippen molar-refractivity contribution in [2.75, 3.05) is 5.32 Å². The molecule has 0 bridgehead atoms. The molecular formula is C11H14N2O3. The first kappa shape index (κ1) is 12.2. The standard InChI is InChI=1S/C11H14N2O3/c1-2-9(12)10(14)13-8-5-3-7(4-6-8)11(15)16/h3-6,9H,2,12H2,1H3,(H,13,14)(H,15,16). The van der Waals surface area contributed by atoms with Crippen LogP contribution in [-0.2, 0) is 4.79 Å². The summed E-state index contributed by atoms with van der Waals surface area (Å²) in [5.41, 5.74) is 6.26. The smallest absolute Gasteiger partial charge is 0.335 e. The van der Waals surface area contributed by atoms with Crippen LogP contribution in [0.2, 0.25) is 0 Å². The monoisotopic (exact) mass is 222 g/mol. The van der Waals surface area contributed by atoms with Gasteiger partial charge in [0.2, 0.25) is 5.91 Å². The van der Waals surface area contributed by atoms with Gasteiger partial charge in [-0.15, -0.1) is 0 Å². The number of carbonyl (C=O) groups excluding carboxylic acids is 1. The Bertz CT molecular complexity index is 387. The third-order valence-corrected chi connectivity index (χ3v) is 2.18. The summed E-state index contributed by atoms with van der Waals surface area (Å²) in [6.45, 7) is 1.82. The Morgan fingerprint density at radius 3 is 2.38 bits per heavy atom. The zero-order chi connectivity index (χ0) is 12.1. The molecule has 0 heterocycles. The Morgan fingerprint density at radius 1 is 1.38 bits per heavy atom. The van der Waals surface area contributed by atoms with Gasteiger partial charge in [-0.05, 0) is 30.7 Å². The van der Waals surface area contributed by atoms with E-state index in [9.17, 15) is 9.59 Å². The number of hydrogen-bond acceptors (Lipinski definition) is 3. The average molecular weight is 222 g/mol. The van der Waals surface area contributed by atoms with Crippen LogP contribution in [0, 0.1) is 0 Å². The first-order valence-electron chi connectivity index (χ1n) is 4.94. The first-order chi connectivity index (χ1) is 7.54. The summed E-state index contributed by atoms with van der Waals surface area (Å²) in [6, 6.07) is 5.37. The molecule has 0 fully saturated rings. The molecule has 1 aromatic rings. The summed E-state index contributed by atoms with van der Waals surface area (Å²) in [6.07, 6.45) is 0.555. The third-order valence-electron chi connectivity index (χ3n) is 2.18. The van der Waals surface area contributed by atoms with Crippen molar-refractivity contribution >= 4 is 17.6 Å². The summed E-state index contributed by atoms with van der Waals surface area (Å²) in [7, 11) is 0. The molecule has 0 saturated carbocycles. The fraction of sp³-hybridized carbons (Fsp3) is 0.273. The van der Waals surface area contributed by atoms with Crippen molar-refractivity contribution in [3.8, 4) is 0 Å². The van der Waals surface area contributed by atoms with E-state index in [0.29, 0.717) is 12.1 Å². The minimum atomic E-state index is -0.997. The lowest BCUT2D eigenvalue weighted by atomic mass is 10.2. The fourth-order valence-electron chi connectivity index (χ4n) is 1.12. The van der Waals surface area contributed by atoms with Crippen LogP contribution >= 0.6 is 0 Å². The second-order valence-electron chi connectivity index (χ2n) is 3.39. The number of carboxylic acids is 1. The van der Waals surface area contributed by atoms with Crippen molar-refractivity contribution in [2.24, 2.45) is 5.73 Å². The molecule has 1 atom stereocenters. The van der Waals surface area contributed by atoms with Crippen molar-refractivity contribution in [1.29, 1.82) is 0 Å². The van der Waals surface area contributed by atoms with Gasteiger partial charge in [0.1, 0.15) is 0 Å². The maximum Gasteiger partial charge on any atom is 0.335 e. The second kappa shape index (κ2) is 5.27. The van der Waals surface area contributed by atoms with E-state index in [1.807, 2.05) is 6.92 Å². The number of rotatable bonds is 4. The van der Waals surface area contributed by atoms with E-state index in [1.54, 1.807) is 0 Å². The third kappa shape index (κ3) is 3.06. The number of carbonyl (C=O) groups is 2. The summed E-state index contributed by atoms with van der Waals surface area (Å²) >= 11 is 0. The molecule has 0 aliphatic carbocycles. The molecule has 0 aromatic heterocycles. The highest BCUT2D eigenvalue weighted by Gasteiger charge is 2.11. The maximum atomic E-state index is 11.4. The van der Waals surface area contributed by atoms with Crippen LogP contribution in [0.3, 0.4) is 0 Å². The van der Waals surface area contributed by atoms with Crippen LogP contribution in [0.5, 0.6) is 0 Å². The van der Waals surface area contributed by atoms with E-state index < -0.39 is 12.0 Å². The van der Waals surface area contributed by atoms with Crippen LogP contribution in [0.25, 0.3) is 0 Å². The Balaban J connectivity index is 2.69. The molecule has 0 spiro atoms. The number of amides is 1. The van der Waals surface area contributed by atoms with Gasteiger partial charge in [-0.25, -0.2) is 4.79 Å². The molecule has 0 aliphatic rings. The average Bonchev–Trinajstić information content (AvgIpc) is 2.28. The Morgan fingerprint density at radius 2 is 1.94 bits per heavy atom. The van der Waals surface area contributed by atoms with Gasteiger partial charge in [-0.1, -0.05) is 6.92 Å². The molecule has 1 aromatic carbocycles. The summed E-state index contributed by atoms with van der Waals surface area (Å²) in [5, 5.41) is 11.3. The SMILES string of the molecule is CCC(N)C(=O)Nc1ccc(C(=O)O)cc1. The molecule has 0 aliphatic heterocycles. The lowest BCUT2D eigenvalue weighted by Gasteiger charge is -2.09. The molecule has 1 amide bonds. The predicted octanol–water partition coefficient (Wildman–Crippen LogP) is 1.06. The van der Waals surface area contributed by atoms with E-state index >= 15 is 0 Å². The Kier molecular flexibility index (Phi) is 4.02. The van der Waals surface area contributed by atoms with E-state index in [2.05, 4.69) is 5.32 Å². The molecule has 1 rings (SSSR count). The topological polar surface area (TPSA) is 92.4 Å². The number of nitrogens with two attached hydrogens (primary N) is 1. The van der Waals surface area contributed by atoms with E-state index in [4.69, 9.17) is 10.8 Å². The molecule has 5 nitrogen and oxygen atoms in total. The van der Waals surface area contributed by atoms with Crippen molar-refractivity contribution in [3.05, 3.63) is 29.8 Å². The minimum Gasteiger partial charge on any atom is -0.478 e. The summed E-state index contributed by atoms with van der Waals surface area (Å²) < 4.78 is 0. The van der Waals surface area contributed by atoms with Gasteiger partial charge >= 0.3 is 5.97 Å². The zero-order valence-electron chi connectivity index (χ0n) is 8.93. The number of aromatic carboxylic acids is 1. The number of anilines is 1. The number of benzene rings is 1. The van der Waals surface area contributed by atoms with Crippen molar-refractivity contribution in [1.82, 2.24) is 0 Å². The van der Waals surface area contributed by atoms with Crippen LogP contribution < -0.4 is 11.1 Å². The largest absolute Gasteiger partial charge is 0.478 e. The number of hydrogen-bond donors (Lipinski definition) is 3. The van der Waals surface area contributed by atoms with Crippen LogP contribution in [0.15, 0.2) is 24.3 Å². The van der Waals surface area contributed by atoms with Gasteiger partial charge in [-0.2, -0.15) is 0 Å². The van der Waals surface area contributed by atoms with Gasteiger partial charge in [-0.3, -0.25) is 4.79 Å². The molecular weight excluding hydrogens is 208 g/mol. The number of nitrogens with one attached hydrogen (secondary N) is 1. The molecule has 1 unspecified atom stereocenters. The lowest BCUT2D eigenvalue weighted by Crippen LogP contribution is -2.34. The van der Waals surface area contributed by atoms with Crippen molar-refractivity contribution < 1.29 is 14.7 Å². The van der Waals surface area contributed by atoms with Crippen molar-refractivity contribution in [3.63, 3.8) is 0 Å². The highest BCUT2D eigenvalue weighted by molar-refractivity contribution is 5.95. The van der Waals surface area contributed by atoms with E-state index in [0.717, 1.165) is 0 Å². The van der Waals surface area contributed by atoms with E-state index in [-0.39, 0.29) is 11.5 Å². The van der Waals surface area contributed by atoms with Crippen molar-refractivity contribution in [2.45, 2.75) is 19.4 Å². The Labute approximate surface area is 93.3 Å². The van der Waals surface area contributed by atoms with Gasteiger partial charge in [0.25, 0.3) is 0 Å². The normalized spacial score (nSPS) is 11.9. The van der Waals surface area contributed by atoms with Crippen LogP contribution in [0.1, 0.15) is 23.7 Å². The zero-order valence-corrected chi connectivity index (χ0v) is 8.93. The number of carboxylic acid groups (broad SMARTS) is 1. The minimum absolute atomic E-state index is 0.179. The molecule has 0 radical (unpaired) electrons. The maximum absolute atomic E-state index is 11.4. The van der Waals surface area contributed by atoms with Crippen LogP contribution in [-0.4, -0.2) is 23.0 Å². The Hall–Kier alpha value is -1.88. The molecule has 5 heteroatoms. The fourth-order valence-corrected chi connectivity index (χ4v) is 1.12. The highest BCUT2D eigenvalue weighted by atomic mass is 16.4. The van der Waals surface area contributed by atoms with Gasteiger partial charge < -0.3 is 16.2 Å². The summed E-state index contributed by atoms with van der Waals surface area (Å²) in [4.78, 5) is 22.0.